The van der Waals surface area contributed by atoms with Crippen molar-refractivity contribution >= 4 is 0 Å². The second-order valence-electron chi connectivity index (χ2n) is 10.2. The largest absolute Gasteiger partial charge is 0.255 e. The summed E-state index contributed by atoms with van der Waals surface area (Å²) in [5.41, 5.74) is 7.67. The molecule has 2 heteroatoms. The molecule has 2 aliphatic carbocycles. The van der Waals surface area contributed by atoms with Crippen LogP contribution in [0, 0.1) is 5.92 Å². The van der Waals surface area contributed by atoms with Gasteiger partial charge < -0.3 is 0 Å². The van der Waals surface area contributed by atoms with E-state index < -0.39 is 0 Å². The highest BCUT2D eigenvalue weighted by Gasteiger charge is 2.15. The normalized spacial score (nSPS) is 29.5. The van der Waals surface area contributed by atoms with Crippen LogP contribution in [-0.4, -0.2) is 12.1 Å². The van der Waals surface area contributed by atoms with Gasteiger partial charge in [0.05, 0.1) is 0 Å². The second-order valence-corrected chi connectivity index (χ2v) is 10.2. The summed E-state index contributed by atoms with van der Waals surface area (Å²) in [4.78, 5) is 0. The summed E-state index contributed by atoms with van der Waals surface area (Å²) in [5, 5.41) is 0. The molecule has 2 fully saturated rings. The van der Waals surface area contributed by atoms with Crippen LogP contribution in [0.15, 0.2) is 0 Å². The van der Waals surface area contributed by atoms with Crippen LogP contribution in [0.3, 0.4) is 0 Å². The monoisotopic (exact) mass is 392 g/mol. The van der Waals surface area contributed by atoms with Gasteiger partial charge in [-0.3, -0.25) is 10.9 Å². The summed E-state index contributed by atoms with van der Waals surface area (Å²) in [6.45, 7) is 2.48. The van der Waals surface area contributed by atoms with E-state index in [1.165, 1.54) is 141 Å². The van der Waals surface area contributed by atoms with Crippen LogP contribution in [0.2, 0.25) is 0 Å². The van der Waals surface area contributed by atoms with Crippen LogP contribution in [0.25, 0.3) is 0 Å². The molecule has 2 aliphatic rings. The molecular formula is C26H52N2. The van der Waals surface area contributed by atoms with Gasteiger partial charge in [0.15, 0.2) is 0 Å². The SMILES string of the molecule is CC1CCCCCCCCCC(NNC2CCCCCCCCCCC2)CC1. The molecule has 28 heavy (non-hydrogen) atoms. The van der Waals surface area contributed by atoms with E-state index in [9.17, 15) is 0 Å². The molecule has 2 unspecified atom stereocenters. The van der Waals surface area contributed by atoms with Gasteiger partial charge in [-0.25, -0.2) is 0 Å². The Kier molecular flexibility index (Phi) is 14.4. The van der Waals surface area contributed by atoms with Crippen molar-refractivity contribution in [1.29, 1.82) is 0 Å². The van der Waals surface area contributed by atoms with Gasteiger partial charge in [-0.15, -0.1) is 0 Å². The molecule has 0 aromatic heterocycles. The topological polar surface area (TPSA) is 24.1 Å². The molecule has 2 nitrogen and oxygen atoms in total. The van der Waals surface area contributed by atoms with E-state index in [1.807, 2.05) is 0 Å². The Labute approximate surface area is 177 Å². The highest BCUT2D eigenvalue weighted by Crippen LogP contribution is 2.21. The van der Waals surface area contributed by atoms with Crippen molar-refractivity contribution in [2.75, 3.05) is 0 Å². The first-order valence-electron chi connectivity index (χ1n) is 13.4. The summed E-state index contributed by atoms with van der Waals surface area (Å²) in [6.07, 6.45) is 31.6. The van der Waals surface area contributed by atoms with E-state index >= 15 is 0 Å². The van der Waals surface area contributed by atoms with Crippen molar-refractivity contribution in [2.45, 2.75) is 160 Å². The van der Waals surface area contributed by atoms with Crippen LogP contribution in [-0.2, 0) is 0 Å². The van der Waals surface area contributed by atoms with E-state index in [0.29, 0.717) is 12.1 Å². The molecule has 0 aliphatic heterocycles. The van der Waals surface area contributed by atoms with Crippen molar-refractivity contribution in [3.05, 3.63) is 0 Å². The minimum Gasteiger partial charge on any atom is -0.255 e. The summed E-state index contributed by atoms with van der Waals surface area (Å²) < 4.78 is 0. The van der Waals surface area contributed by atoms with Gasteiger partial charge in [-0.05, 0) is 38.0 Å². The number of hydrazine groups is 1. The second kappa shape index (κ2) is 16.7. The first-order valence-corrected chi connectivity index (χ1v) is 13.4. The Morgan fingerprint density at radius 2 is 0.679 bits per heavy atom. The maximum atomic E-state index is 3.84. The number of rotatable bonds is 3. The number of hydrogen-bond acceptors (Lipinski definition) is 2. The van der Waals surface area contributed by atoms with Crippen LogP contribution in [0.5, 0.6) is 0 Å². The predicted octanol–water partition coefficient (Wildman–Crippen LogP) is 8.06. The van der Waals surface area contributed by atoms with E-state index in [2.05, 4.69) is 17.8 Å². The zero-order valence-electron chi connectivity index (χ0n) is 19.3. The van der Waals surface area contributed by atoms with E-state index in [1.54, 1.807) is 0 Å². The zero-order valence-corrected chi connectivity index (χ0v) is 19.3. The molecule has 0 radical (unpaired) electrons. The van der Waals surface area contributed by atoms with Gasteiger partial charge in [0.25, 0.3) is 0 Å². The molecule has 2 atom stereocenters. The predicted molar refractivity (Wildman–Crippen MR) is 125 cm³/mol. The molecule has 0 amide bonds. The molecule has 0 aromatic rings. The van der Waals surface area contributed by atoms with E-state index in [-0.39, 0.29) is 0 Å². The Balaban J connectivity index is 1.75. The van der Waals surface area contributed by atoms with E-state index in [4.69, 9.17) is 0 Å². The lowest BCUT2D eigenvalue weighted by atomic mass is 9.94. The summed E-state index contributed by atoms with van der Waals surface area (Å²) in [6, 6.07) is 1.38. The smallest absolute Gasteiger partial charge is 0.0213 e. The lowest BCUT2D eigenvalue weighted by Crippen LogP contribution is -2.46. The van der Waals surface area contributed by atoms with E-state index in [0.717, 1.165) is 5.92 Å². The van der Waals surface area contributed by atoms with Gasteiger partial charge in [-0.2, -0.15) is 0 Å². The molecule has 166 valence electrons. The fraction of sp³-hybridized carbons (Fsp3) is 1.00. The van der Waals surface area contributed by atoms with Gasteiger partial charge in [0.1, 0.15) is 0 Å². The molecule has 2 N–H and O–H groups in total. The first kappa shape index (κ1) is 24.2. The third kappa shape index (κ3) is 12.5. The highest BCUT2D eigenvalue weighted by molar-refractivity contribution is 4.72. The van der Waals surface area contributed by atoms with Gasteiger partial charge in [0, 0.05) is 12.1 Å². The maximum absolute atomic E-state index is 3.84. The summed E-state index contributed by atoms with van der Waals surface area (Å²) in [7, 11) is 0. The van der Waals surface area contributed by atoms with Crippen molar-refractivity contribution in [2.24, 2.45) is 5.92 Å². The summed E-state index contributed by atoms with van der Waals surface area (Å²) >= 11 is 0. The Morgan fingerprint density at radius 1 is 0.357 bits per heavy atom. The van der Waals surface area contributed by atoms with Crippen LogP contribution in [0.4, 0.5) is 0 Å². The minimum absolute atomic E-state index is 0.685. The van der Waals surface area contributed by atoms with Crippen molar-refractivity contribution in [3.63, 3.8) is 0 Å². The fourth-order valence-electron chi connectivity index (χ4n) is 5.23. The molecule has 2 rings (SSSR count). The van der Waals surface area contributed by atoms with Crippen molar-refractivity contribution in [1.82, 2.24) is 10.9 Å². The lowest BCUT2D eigenvalue weighted by Gasteiger charge is -2.26. The van der Waals surface area contributed by atoms with Crippen LogP contribution in [0.1, 0.15) is 148 Å². The Bertz CT molecular complexity index is 331. The summed E-state index contributed by atoms with van der Waals surface area (Å²) in [5.74, 6) is 0.909. The van der Waals surface area contributed by atoms with Gasteiger partial charge in [-0.1, -0.05) is 116 Å². The fourth-order valence-corrected chi connectivity index (χ4v) is 5.23. The van der Waals surface area contributed by atoms with Gasteiger partial charge in [0.2, 0.25) is 0 Å². The molecular weight excluding hydrogens is 340 g/mol. The minimum atomic E-state index is 0.685. The first-order chi connectivity index (χ1) is 13.8. The Hall–Kier alpha value is -0.0800. The quantitative estimate of drug-likeness (QED) is 0.474. The maximum Gasteiger partial charge on any atom is 0.0213 e. The molecule has 0 heterocycles. The highest BCUT2D eigenvalue weighted by atomic mass is 15.4. The number of hydrogen-bond donors (Lipinski definition) is 2. The average Bonchev–Trinajstić information content (AvgIpc) is 2.70. The molecule has 0 spiro atoms. The van der Waals surface area contributed by atoms with Crippen molar-refractivity contribution in [3.8, 4) is 0 Å². The zero-order chi connectivity index (χ0) is 19.7. The Morgan fingerprint density at radius 3 is 1.11 bits per heavy atom. The standard InChI is InChI=1S/C26H52N2/c1-24-18-14-10-6-5-9-13-17-21-26(23-22-24)28-27-25-19-15-11-7-3-2-4-8-12-16-20-25/h24-28H,2-23H2,1H3. The third-order valence-electron chi connectivity index (χ3n) is 7.35. The average molecular weight is 393 g/mol. The third-order valence-corrected chi connectivity index (χ3v) is 7.35. The number of nitrogens with one attached hydrogen (secondary N) is 2. The van der Waals surface area contributed by atoms with Crippen LogP contribution >= 0.6 is 0 Å². The molecule has 2 saturated carbocycles. The van der Waals surface area contributed by atoms with Gasteiger partial charge >= 0.3 is 0 Å². The van der Waals surface area contributed by atoms with Crippen molar-refractivity contribution < 1.29 is 0 Å². The lowest BCUT2D eigenvalue weighted by molar-refractivity contribution is 0.293. The molecule has 0 saturated heterocycles. The molecule has 0 bridgehead atoms. The molecule has 0 aromatic carbocycles. The van der Waals surface area contributed by atoms with Crippen LogP contribution < -0.4 is 10.9 Å².